The highest BCUT2D eigenvalue weighted by molar-refractivity contribution is 7.52. The van der Waals surface area contributed by atoms with Crippen molar-refractivity contribution in [3.63, 3.8) is 0 Å². The molecule has 0 saturated heterocycles. The molecule has 2 aromatic rings. The fourth-order valence-electron chi connectivity index (χ4n) is 4.71. The van der Waals surface area contributed by atoms with Crippen LogP contribution in [-0.4, -0.2) is 64.3 Å². The fraction of sp³-hybridized carbons (Fsp3) is 0.828. The largest absolute Gasteiger partial charge is 0.479 e. The molecule has 0 aliphatic heterocycles. The van der Waals surface area contributed by atoms with E-state index in [-0.39, 0.29) is 31.6 Å². The summed E-state index contributed by atoms with van der Waals surface area (Å²) < 4.78 is 35.1. The van der Waals surface area contributed by atoms with Gasteiger partial charge in [0.1, 0.15) is 6.35 Å². The minimum absolute atomic E-state index is 0.0537. The van der Waals surface area contributed by atoms with Gasteiger partial charge >= 0.3 is 7.60 Å². The topological polar surface area (TPSA) is 144 Å². The molecule has 1 unspecified atom stereocenters. The number of nitrogens with two attached hydrogens (primary N) is 1. The van der Waals surface area contributed by atoms with Gasteiger partial charge in [-0.15, -0.1) is 0 Å². The molecule has 3 N–H and O–H groups in total. The molecule has 0 aromatic carbocycles. The molecule has 0 aliphatic carbocycles. The second kappa shape index (κ2) is 21.9. The number of fused-ring (bicyclic) bond motifs is 1. The molecule has 2 aromatic heterocycles. The molecule has 236 valence electrons. The molecule has 12 heteroatoms. The minimum atomic E-state index is -3.85. The van der Waals surface area contributed by atoms with Crippen LogP contribution in [0.25, 0.3) is 11.2 Å². The number of unbranched alkanes of at least 4 members (excludes halogenated alkanes) is 15. The molecule has 0 aliphatic rings. The van der Waals surface area contributed by atoms with Gasteiger partial charge in [-0.2, -0.15) is 9.97 Å². The smallest absolute Gasteiger partial charge is 0.353 e. The summed E-state index contributed by atoms with van der Waals surface area (Å²) in [6.07, 6.45) is 22.5. The van der Waals surface area contributed by atoms with E-state index >= 15 is 0 Å². The van der Waals surface area contributed by atoms with Crippen molar-refractivity contribution in [2.45, 2.75) is 116 Å². The number of ether oxygens (including phenoxy) is 3. The van der Waals surface area contributed by atoms with E-state index in [1.807, 2.05) is 0 Å². The van der Waals surface area contributed by atoms with E-state index < -0.39 is 13.9 Å². The standard InChI is InChI=1S/C29H54N5O6P/c1-3-4-5-6-7-8-9-10-11-12-13-14-15-16-17-18-20-38-22-23-40-41(35,36)25-39-21-19-34-24-31-26-27(34)32-29(30)33-28(26)37-2/h24H,3-23,25H2,1-2H3,(H,35,36)(H2,30,32,33). The van der Waals surface area contributed by atoms with Crippen LogP contribution in [0.5, 0.6) is 5.88 Å². The van der Waals surface area contributed by atoms with Crippen molar-refractivity contribution in [2.75, 3.05) is 45.6 Å². The van der Waals surface area contributed by atoms with E-state index in [0.29, 0.717) is 24.3 Å². The first-order chi connectivity index (χ1) is 20.0. The van der Waals surface area contributed by atoms with Gasteiger partial charge in [0.05, 0.1) is 33.3 Å². The van der Waals surface area contributed by atoms with Crippen LogP contribution in [0.1, 0.15) is 110 Å². The predicted molar refractivity (Wildman–Crippen MR) is 163 cm³/mol. The van der Waals surface area contributed by atoms with E-state index in [1.165, 1.54) is 97.0 Å². The van der Waals surface area contributed by atoms with Gasteiger partial charge in [0.15, 0.2) is 11.2 Å². The Hall–Kier alpha value is -1.78. The summed E-state index contributed by atoms with van der Waals surface area (Å²) in [7, 11) is -2.37. The van der Waals surface area contributed by atoms with Crippen LogP contribution in [0.3, 0.4) is 0 Å². The second-order valence-corrected chi connectivity index (χ2v) is 12.4. The molecule has 11 nitrogen and oxygen atoms in total. The average molecular weight is 600 g/mol. The van der Waals surface area contributed by atoms with Crippen molar-refractivity contribution in [1.29, 1.82) is 0 Å². The Morgan fingerprint density at radius 1 is 0.805 bits per heavy atom. The molecule has 0 radical (unpaired) electrons. The molecule has 0 fully saturated rings. The Morgan fingerprint density at radius 2 is 1.39 bits per heavy atom. The summed E-state index contributed by atoms with van der Waals surface area (Å²) in [5.41, 5.74) is 6.70. The summed E-state index contributed by atoms with van der Waals surface area (Å²) >= 11 is 0. The lowest BCUT2D eigenvalue weighted by molar-refractivity contribution is 0.0841. The first kappa shape index (κ1) is 35.4. The quantitative estimate of drug-likeness (QED) is 0.0824. The Kier molecular flexibility index (Phi) is 18.9. The highest BCUT2D eigenvalue weighted by Gasteiger charge is 2.20. The van der Waals surface area contributed by atoms with E-state index in [9.17, 15) is 9.46 Å². The maximum Gasteiger partial charge on any atom is 0.353 e. The van der Waals surface area contributed by atoms with Crippen molar-refractivity contribution in [3.8, 4) is 5.88 Å². The summed E-state index contributed by atoms with van der Waals surface area (Å²) in [6.45, 7) is 3.78. The second-order valence-electron chi connectivity index (χ2n) is 10.6. The average Bonchev–Trinajstić information content (AvgIpc) is 3.36. The number of nitrogen functional groups attached to an aromatic ring is 1. The van der Waals surface area contributed by atoms with E-state index in [0.717, 1.165) is 12.8 Å². The van der Waals surface area contributed by atoms with Crippen LogP contribution >= 0.6 is 7.60 Å². The Morgan fingerprint density at radius 3 is 1.98 bits per heavy atom. The van der Waals surface area contributed by atoms with E-state index in [2.05, 4.69) is 21.9 Å². The lowest BCUT2D eigenvalue weighted by Crippen LogP contribution is -2.10. The molecule has 2 rings (SSSR count). The van der Waals surface area contributed by atoms with Gasteiger partial charge in [0, 0.05) is 13.2 Å². The number of anilines is 1. The SMILES string of the molecule is CCCCCCCCCCCCCCCCCCOCCOP(=O)(O)COCCn1cnc2c(OC)nc(N)nc21. The first-order valence-electron chi connectivity index (χ1n) is 15.6. The van der Waals surface area contributed by atoms with Crippen LogP contribution in [0.4, 0.5) is 5.95 Å². The lowest BCUT2D eigenvalue weighted by atomic mass is 10.0. The van der Waals surface area contributed by atoms with Gasteiger partial charge in [0.25, 0.3) is 0 Å². The number of methoxy groups -OCH3 is 1. The fourth-order valence-corrected chi connectivity index (χ4v) is 5.51. The summed E-state index contributed by atoms with van der Waals surface area (Å²) in [6, 6.07) is 0. The highest BCUT2D eigenvalue weighted by atomic mass is 31.2. The zero-order valence-electron chi connectivity index (χ0n) is 25.4. The van der Waals surface area contributed by atoms with Crippen molar-refractivity contribution in [2.24, 2.45) is 0 Å². The Bertz CT molecular complexity index is 992. The molecule has 0 saturated carbocycles. The lowest BCUT2D eigenvalue weighted by Gasteiger charge is -2.13. The van der Waals surface area contributed by atoms with Crippen molar-refractivity contribution < 1.29 is 28.2 Å². The zero-order chi connectivity index (χ0) is 29.6. The van der Waals surface area contributed by atoms with Gasteiger partial charge in [-0.1, -0.05) is 103 Å². The first-order valence-corrected chi connectivity index (χ1v) is 17.4. The van der Waals surface area contributed by atoms with Crippen molar-refractivity contribution in [3.05, 3.63) is 6.33 Å². The van der Waals surface area contributed by atoms with Gasteiger partial charge in [0.2, 0.25) is 11.8 Å². The van der Waals surface area contributed by atoms with Gasteiger partial charge in [-0.05, 0) is 6.42 Å². The van der Waals surface area contributed by atoms with E-state index in [1.54, 1.807) is 10.9 Å². The van der Waals surface area contributed by atoms with E-state index in [4.69, 9.17) is 24.5 Å². The summed E-state index contributed by atoms with van der Waals surface area (Å²) in [5, 5.41) is 0. The van der Waals surface area contributed by atoms with Gasteiger partial charge in [-0.3, -0.25) is 4.57 Å². The maximum atomic E-state index is 12.2. The molecule has 0 amide bonds. The van der Waals surface area contributed by atoms with Crippen LogP contribution in [-0.2, 0) is 25.1 Å². The number of aromatic nitrogens is 4. The molecular weight excluding hydrogens is 545 g/mol. The predicted octanol–water partition coefficient (Wildman–Crippen LogP) is 6.87. The third-order valence-corrected chi connectivity index (χ3v) is 8.13. The molecular formula is C29H54N5O6P. The Labute approximate surface area is 246 Å². The molecule has 2 heterocycles. The Balaban J connectivity index is 1.37. The minimum Gasteiger partial charge on any atom is -0.479 e. The number of hydrogen-bond donors (Lipinski definition) is 2. The monoisotopic (exact) mass is 599 g/mol. The van der Waals surface area contributed by atoms with Crippen LogP contribution < -0.4 is 10.5 Å². The number of nitrogens with zero attached hydrogens (tertiary/aromatic N) is 4. The van der Waals surface area contributed by atoms with Crippen LogP contribution in [0.2, 0.25) is 0 Å². The molecule has 0 bridgehead atoms. The maximum absolute atomic E-state index is 12.2. The highest BCUT2D eigenvalue weighted by Crippen LogP contribution is 2.41. The van der Waals surface area contributed by atoms with Gasteiger partial charge < -0.3 is 33.9 Å². The van der Waals surface area contributed by atoms with Crippen molar-refractivity contribution >= 4 is 24.7 Å². The van der Waals surface area contributed by atoms with Crippen LogP contribution in [0.15, 0.2) is 6.33 Å². The van der Waals surface area contributed by atoms with Gasteiger partial charge in [-0.25, -0.2) is 4.98 Å². The number of hydrogen-bond acceptors (Lipinski definition) is 9. The third kappa shape index (κ3) is 15.9. The van der Waals surface area contributed by atoms with Crippen LogP contribution in [0, 0.1) is 0 Å². The molecule has 1 atom stereocenters. The molecule has 0 spiro atoms. The summed E-state index contributed by atoms with van der Waals surface area (Å²) in [4.78, 5) is 22.4. The third-order valence-electron chi connectivity index (χ3n) is 7.04. The molecule has 41 heavy (non-hydrogen) atoms. The number of imidazole rings is 1. The zero-order valence-corrected chi connectivity index (χ0v) is 26.3. The number of rotatable bonds is 27. The normalized spacial score (nSPS) is 13.1. The summed E-state index contributed by atoms with van der Waals surface area (Å²) in [5.74, 6) is 0.361. The van der Waals surface area contributed by atoms with Crippen molar-refractivity contribution in [1.82, 2.24) is 19.5 Å².